The molecule has 5 nitrogen and oxygen atoms in total. The Morgan fingerprint density at radius 2 is 1.94 bits per heavy atom. The number of methoxy groups -OCH3 is 2. The third-order valence-electron chi connectivity index (χ3n) is 2.12. The zero-order valence-corrected chi connectivity index (χ0v) is 11.3. The van der Waals surface area contributed by atoms with E-state index in [2.05, 4.69) is 21.2 Å². The topological polar surface area (TPSA) is 73.6 Å². The highest BCUT2D eigenvalue weighted by molar-refractivity contribution is 9.10. The van der Waals surface area contributed by atoms with E-state index in [0.29, 0.717) is 23.7 Å². The van der Waals surface area contributed by atoms with E-state index in [1.54, 1.807) is 19.2 Å². The second-order valence-electron chi connectivity index (χ2n) is 3.27. The van der Waals surface area contributed by atoms with Crippen LogP contribution in [0.5, 0.6) is 11.5 Å². The summed E-state index contributed by atoms with van der Waals surface area (Å²) < 4.78 is 11.0. The number of nitrogens with two attached hydrogens (primary N) is 1. The van der Waals surface area contributed by atoms with Crippen LogP contribution in [0.4, 0.5) is 5.69 Å². The molecule has 1 amide bonds. The van der Waals surface area contributed by atoms with Crippen LogP contribution in [0.25, 0.3) is 0 Å². The zero-order valence-electron chi connectivity index (χ0n) is 9.75. The molecule has 3 N–H and O–H groups in total. The monoisotopic (exact) mass is 302 g/mol. The van der Waals surface area contributed by atoms with E-state index >= 15 is 0 Å². The number of halogens is 1. The fraction of sp³-hybridized carbons (Fsp3) is 0.364. The number of ether oxygens (including phenoxy) is 2. The summed E-state index contributed by atoms with van der Waals surface area (Å²) in [5, 5.41) is 2.74. The summed E-state index contributed by atoms with van der Waals surface area (Å²) in [6, 6.07) is 3.42. The maximum atomic E-state index is 11.4. The molecule has 0 atom stereocenters. The molecule has 1 aromatic carbocycles. The molecule has 1 aromatic rings. The first-order valence-corrected chi connectivity index (χ1v) is 5.83. The molecule has 0 unspecified atom stereocenters. The average molecular weight is 303 g/mol. The molecule has 0 aromatic heterocycles. The van der Waals surface area contributed by atoms with E-state index in [1.165, 1.54) is 7.11 Å². The molecule has 0 spiro atoms. The van der Waals surface area contributed by atoms with Crippen LogP contribution in [0.3, 0.4) is 0 Å². The molecule has 17 heavy (non-hydrogen) atoms. The fourth-order valence-corrected chi connectivity index (χ4v) is 1.72. The summed E-state index contributed by atoms with van der Waals surface area (Å²) >= 11 is 3.35. The van der Waals surface area contributed by atoms with E-state index in [4.69, 9.17) is 15.2 Å². The van der Waals surface area contributed by atoms with E-state index in [9.17, 15) is 4.79 Å². The van der Waals surface area contributed by atoms with E-state index in [-0.39, 0.29) is 12.3 Å². The van der Waals surface area contributed by atoms with Gasteiger partial charge >= 0.3 is 0 Å². The second-order valence-corrected chi connectivity index (χ2v) is 4.13. The summed E-state index contributed by atoms with van der Waals surface area (Å²) in [6.07, 6.45) is 0.279. The van der Waals surface area contributed by atoms with Gasteiger partial charge in [0.25, 0.3) is 0 Å². The third-order valence-corrected chi connectivity index (χ3v) is 2.77. The highest BCUT2D eigenvalue weighted by Crippen LogP contribution is 2.36. The van der Waals surface area contributed by atoms with Gasteiger partial charge in [-0.1, -0.05) is 0 Å². The Morgan fingerprint density at radius 3 is 2.47 bits per heavy atom. The average Bonchev–Trinajstić information content (AvgIpc) is 2.31. The van der Waals surface area contributed by atoms with Gasteiger partial charge in [0.15, 0.2) is 11.5 Å². The number of amides is 1. The van der Waals surface area contributed by atoms with Gasteiger partial charge in [0, 0.05) is 29.6 Å². The molecule has 1 rings (SSSR count). The number of rotatable bonds is 5. The van der Waals surface area contributed by atoms with Crippen LogP contribution in [0.2, 0.25) is 0 Å². The van der Waals surface area contributed by atoms with Crippen molar-refractivity contribution in [1.82, 2.24) is 0 Å². The van der Waals surface area contributed by atoms with Crippen molar-refractivity contribution < 1.29 is 14.3 Å². The Morgan fingerprint density at radius 1 is 1.35 bits per heavy atom. The highest BCUT2D eigenvalue weighted by atomic mass is 79.9. The van der Waals surface area contributed by atoms with Crippen LogP contribution >= 0.6 is 15.9 Å². The molecular formula is C11H15BrN2O3. The van der Waals surface area contributed by atoms with Gasteiger partial charge in [-0.2, -0.15) is 0 Å². The summed E-state index contributed by atoms with van der Waals surface area (Å²) in [6.45, 7) is 0.316. The normalized spacial score (nSPS) is 9.88. The van der Waals surface area contributed by atoms with Crippen LogP contribution in [0, 0.1) is 0 Å². The van der Waals surface area contributed by atoms with E-state index < -0.39 is 0 Å². The first kappa shape index (κ1) is 13.8. The van der Waals surface area contributed by atoms with Crippen LogP contribution in [-0.4, -0.2) is 26.7 Å². The predicted molar refractivity (Wildman–Crippen MR) is 69.5 cm³/mol. The fourth-order valence-electron chi connectivity index (χ4n) is 1.29. The van der Waals surface area contributed by atoms with Gasteiger partial charge in [-0.05, 0) is 15.9 Å². The molecule has 0 aliphatic heterocycles. The lowest BCUT2D eigenvalue weighted by Crippen LogP contribution is -2.16. The zero-order chi connectivity index (χ0) is 12.8. The number of anilines is 1. The van der Waals surface area contributed by atoms with Gasteiger partial charge in [0.1, 0.15) is 0 Å². The molecule has 0 saturated heterocycles. The standard InChI is InChI=1S/C11H15BrN2O3/c1-16-9-5-7(12)8(6-10(9)17-2)14-11(15)3-4-13/h5-6H,3-4,13H2,1-2H3,(H,14,15). The maximum Gasteiger partial charge on any atom is 0.225 e. The molecule has 0 radical (unpaired) electrons. The lowest BCUT2D eigenvalue weighted by molar-refractivity contribution is -0.116. The highest BCUT2D eigenvalue weighted by Gasteiger charge is 2.11. The molecule has 0 bridgehead atoms. The lowest BCUT2D eigenvalue weighted by Gasteiger charge is -2.12. The summed E-state index contributed by atoms with van der Waals surface area (Å²) in [5.41, 5.74) is 5.93. The maximum absolute atomic E-state index is 11.4. The summed E-state index contributed by atoms with van der Waals surface area (Å²) in [4.78, 5) is 11.4. The first-order chi connectivity index (χ1) is 8.12. The number of carbonyl (C=O) groups excluding carboxylic acids is 1. The number of carbonyl (C=O) groups is 1. The first-order valence-electron chi connectivity index (χ1n) is 5.03. The quantitative estimate of drug-likeness (QED) is 0.869. The van der Waals surface area contributed by atoms with Crippen molar-refractivity contribution >= 4 is 27.5 Å². The Balaban J connectivity index is 2.96. The van der Waals surface area contributed by atoms with Gasteiger partial charge < -0.3 is 20.5 Å². The minimum Gasteiger partial charge on any atom is -0.493 e. The number of hydrogen-bond donors (Lipinski definition) is 2. The van der Waals surface area contributed by atoms with Gasteiger partial charge in [-0.3, -0.25) is 4.79 Å². The summed E-state index contributed by atoms with van der Waals surface area (Å²) in [7, 11) is 3.09. The van der Waals surface area contributed by atoms with Crippen LogP contribution in [-0.2, 0) is 4.79 Å². The molecular weight excluding hydrogens is 288 g/mol. The van der Waals surface area contributed by atoms with Crippen molar-refractivity contribution in [2.24, 2.45) is 5.73 Å². The third kappa shape index (κ3) is 3.61. The van der Waals surface area contributed by atoms with Crippen molar-refractivity contribution in [2.45, 2.75) is 6.42 Å². The lowest BCUT2D eigenvalue weighted by atomic mass is 10.2. The summed E-state index contributed by atoms with van der Waals surface area (Å²) in [5.74, 6) is 1.01. The largest absolute Gasteiger partial charge is 0.493 e. The van der Waals surface area contributed by atoms with E-state index in [1.807, 2.05) is 0 Å². The molecule has 6 heteroatoms. The molecule has 0 saturated carbocycles. The van der Waals surface area contributed by atoms with Crippen LogP contribution in [0.1, 0.15) is 6.42 Å². The van der Waals surface area contributed by atoms with Gasteiger partial charge in [-0.25, -0.2) is 0 Å². The molecule has 0 heterocycles. The van der Waals surface area contributed by atoms with Crippen LogP contribution < -0.4 is 20.5 Å². The van der Waals surface area contributed by atoms with Crippen LogP contribution in [0.15, 0.2) is 16.6 Å². The van der Waals surface area contributed by atoms with Gasteiger partial charge in [-0.15, -0.1) is 0 Å². The Kier molecular flexibility index (Phi) is 5.24. The minimum absolute atomic E-state index is 0.139. The Bertz CT molecular complexity index is 410. The number of benzene rings is 1. The Hall–Kier alpha value is -1.27. The predicted octanol–water partition coefficient (Wildman–Crippen LogP) is 1.75. The van der Waals surface area contributed by atoms with Crippen molar-refractivity contribution in [2.75, 3.05) is 26.1 Å². The number of nitrogens with one attached hydrogen (secondary N) is 1. The van der Waals surface area contributed by atoms with Crippen molar-refractivity contribution in [1.29, 1.82) is 0 Å². The van der Waals surface area contributed by atoms with Crippen molar-refractivity contribution in [3.63, 3.8) is 0 Å². The molecule has 94 valence electrons. The number of hydrogen-bond acceptors (Lipinski definition) is 4. The van der Waals surface area contributed by atoms with Crippen molar-refractivity contribution in [3.8, 4) is 11.5 Å². The van der Waals surface area contributed by atoms with E-state index in [0.717, 1.165) is 4.47 Å². The van der Waals surface area contributed by atoms with Crippen molar-refractivity contribution in [3.05, 3.63) is 16.6 Å². The molecule has 0 aliphatic rings. The molecule has 0 aliphatic carbocycles. The minimum atomic E-state index is -0.139. The second kappa shape index (κ2) is 6.46. The smallest absolute Gasteiger partial charge is 0.225 e. The SMILES string of the molecule is COc1cc(Br)c(NC(=O)CCN)cc1OC. The van der Waals surface area contributed by atoms with Gasteiger partial charge in [0.05, 0.1) is 19.9 Å². The molecule has 0 fully saturated rings. The van der Waals surface area contributed by atoms with Gasteiger partial charge in [0.2, 0.25) is 5.91 Å². The Labute approximate surface area is 108 Å².